The van der Waals surface area contributed by atoms with Crippen LogP contribution in [0.1, 0.15) is 13.3 Å². The van der Waals surface area contributed by atoms with E-state index in [1.165, 1.54) is 6.42 Å². The number of hydrogen-bond acceptors (Lipinski definition) is 1. The molecule has 1 fully saturated rings. The molecule has 13 heavy (non-hydrogen) atoms. The monoisotopic (exact) mass is 214 g/mol. The third-order valence-corrected chi connectivity index (χ3v) is 8.93. The van der Waals surface area contributed by atoms with Gasteiger partial charge in [0.25, 0.3) is 0 Å². The minimum absolute atomic E-state index is 0.969. The van der Waals surface area contributed by atoms with Crippen LogP contribution in [-0.4, -0.2) is 23.0 Å². The fourth-order valence-electron chi connectivity index (χ4n) is 1.89. The lowest BCUT2D eigenvalue weighted by Gasteiger charge is -2.25. The Kier molecular flexibility index (Phi) is 2.90. The third kappa shape index (κ3) is 2.33. The first-order valence-electron chi connectivity index (χ1n) is 5.10. The van der Waals surface area contributed by atoms with E-state index >= 15 is 0 Å². The fourth-order valence-corrected chi connectivity index (χ4v) is 7.34. The van der Waals surface area contributed by atoms with Crippen molar-refractivity contribution >= 4 is 16.4 Å². The van der Waals surface area contributed by atoms with Crippen LogP contribution in [0.25, 0.3) is 0 Å². The maximum atomic E-state index is 5.87. The number of allylic oxidation sites excluding steroid dienone is 1. The van der Waals surface area contributed by atoms with Crippen molar-refractivity contribution in [2.24, 2.45) is 0 Å². The number of rotatable bonds is 1. The van der Waals surface area contributed by atoms with Gasteiger partial charge in [0.1, 0.15) is 0 Å². The Morgan fingerprint density at radius 1 is 1.31 bits per heavy atom. The van der Waals surface area contributed by atoms with Gasteiger partial charge in [0.15, 0.2) is 0 Å². The van der Waals surface area contributed by atoms with Gasteiger partial charge in [-0.05, 0) is 26.4 Å². The zero-order valence-electron chi connectivity index (χ0n) is 9.82. The Balaban J connectivity index is 3.04. The summed E-state index contributed by atoms with van der Waals surface area (Å²) in [5, 5.41) is 3.40. The largest absolute Gasteiger partial charge is 0.413 e. The highest BCUT2D eigenvalue weighted by atomic mass is 28.4. The second-order valence-electron chi connectivity index (χ2n) is 5.46. The van der Waals surface area contributed by atoms with Crippen LogP contribution < -0.4 is 0 Å². The highest BCUT2D eigenvalue weighted by Crippen LogP contribution is 2.32. The second-order valence-corrected chi connectivity index (χ2v) is 14.6. The quantitative estimate of drug-likeness (QED) is 0.608. The van der Waals surface area contributed by atoms with Crippen LogP contribution in [0.15, 0.2) is 10.4 Å². The van der Waals surface area contributed by atoms with E-state index in [9.17, 15) is 0 Å². The Morgan fingerprint density at radius 3 is 2.15 bits per heavy atom. The second kappa shape index (κ2) is 3.37. The van der Waals surface area contributed by atoms with Crippen LogP contribution in [0.2, 0.25) is 32.7 Å². The smallest absolute Gasteiger partial charge is 0.213 e. The predicted octanol–water partition coefficient (Wildman–Crippen LogP) is 3.34. The summed E-state index contributed by atoms with van der Waals surface area (Å²) in [4.78, 5) is 0. The molecule has 0 amide bonds. The highest BCUT2D eigenvalue weighted by molar-refractivity contribution is 6.87. The van der Waals surface area contributed by atoms with Gasteiger partial charge in [0.05, 0.1) is 8.07 Å². The average Bonchev–Trinajstić information content (AvgIpc) is 2.26. The van der Waals surface area contributed by atoms with E-state index in [-0.39, 0.29) is 0 Å². The summed E-state index contributed by atoms with van der Waals surface area (Å²) in [6.45, 7) is 15.3. The van der Waals surface area contributed by atoms with E-state index in [0.717, 1.165) is 6.61 Å². The summed E-state index contributed by atoms with van der Waals surface area (Å²) in [6, 6.07) is 0. The van der Waals surface area contributed by atoms with E-state index in [0.29, 0.717) is 0 Å². The molecule has 1 nitrogen and oxygen atoms in total. The molecular formula is C10H22OSi2. The summed E-state index contributed by atoms with van der Waals surface area (Å²) in [6.07, 6.45) is 1.20. The van der Waals surface area contributed by atoms with Gasteiger partial charge in [0.2, 0.25) is 8.32 Å². The van der Waals surface area contributed by atoms with E-state index in [1.54, 1.807) is 10.4 Å². The van der Waals surface area contributed by atoms with Gasteiger partial charge in [-0.25, -0.2) is 0 Å². The molecule has 1 saturated heterocycles. The van der Waals surface area contributed by atoms with Crippen molar-refractivity contribution in [3.8, 4) is 0 Å². The van der Waals surface area contributed by atoms with Crippen LogP contribution in [-0.2, 0) is 4.43 Å². The van der Waals surface area contributed by atoms with Gasteiger partial charge in [-0.3, -0.25) is 0 Å². The van der Waals surface area contributed by atoms with Gasteiger partial charge in [0, 0.05) is 6.61 Å². The van der Waals surface area contributed by atoms with Crippen molar-refractivity contribution in [2.75, 3.05) is 6.61 Å². The number of hydrogen-bond donors (Lipinski definition) is 0. The first kappa shape index (κ1) is 11.2. The molecule has 0 unspecified atom stereocenters. The van der Waals surface area contributed by atoms with Crippen molar-refractivity contribution < 1.29 is 4.43 Å². The van der Waals surface area contributed by atoms with Crippen LogP contribution in [0.4, 0.5) is 0 Å². The standard InChI is InChI=1S/C10H22OSi2/c1-9(12(2,3)4)10-7-8-11-13(10,5)6/h7-8H2,1-6H3/b10-9+. The lowest BCUT2D eigenvalue weighted by molar-refractivity contribution is 0.350. The zero-order chi connectivity index (χ0) is 10.3. The molecule has 1 aliphatic rings. The van der Waals surface area contributed by atoms with Gasteiger partial charge < -0.3 is 4.43 Å². The Labute approximate surface area is 84.3 Å². The molecule has 1 aliphatic heterocycles. The lowest BCUT2D eigenvalue weighted by atomic mass is 10.4. The highest BCUT2D eigenvalue weighted by Gasteiger charge is 2.36. The van der Waals surface area contributed by atoms with Crippen LogP contribution in [0, 0.1) is 0 Å². The normalized spacial score (nSPS) is 26.3. The first-order valence-corrected chi connectivity index (χ1v) is 11.5. The van der Waals surface area contributed by atoms with Crippen LogP contribution in [0.5, 0.6) is 0 Å². The Morgan fingerprint density at radius 2 is 1.85 bits per heavy atom. The molecule has 0 spiro atoms. The molecular weight excluding hydrogens is 192 g/mol. The maximum Gasteiger partial charge on any atom is 0.213 e. The Hall–Kier alpha value is 0.134. The molecule has 3 heteroatoms. The summed E-state index contributed by atoms with van der Waals surface area (Å²) in [5.74, 6) is 0. The van der Waals surface area contributed by atoms with Crippen LogP contribution >= 0.6 is 0 Å². The van der Waals surface area contributed by atoms with Crippen molar-refractivity contribution in [3.05, 3.63) is 10.4 Å². The van der Waals surface area contributed by atoms with Gasteiger partial charge in [-0.2, -0.15) is 0 Å². The predicted molar refractivity (Wildman–Crippen MR) is 64.1 cm³/mol. The van der Waals surface area contributed by atoms with Crippen LogP contribution in [0.3, 0.4) is 0 Å². The molecule has 0 aliphatic carbocycles. The molecule has 1 rings (SSSR count). The van der Waals surface area contributed by atoms with E-state index in [1.807, 2.05) is 0 Å². The minimum atomic E-state index is -1.43. The third-order valence-electron chi connectivity index (χ3n) is 3.12. The summed E-state index contributed by atoms with van der Waals surface area (Å²) in [7, 11) is -2.51. The maximum absolute atomic E-state index is 5.87. The molecule has 0 saturated carbocycles. The summed E-state index contributed by atoms with van der Waals surface area (Å²) < 4.78 is 5.87. The summed E-state index contributed by atoms with van der Waals surface area (Å²) in [5.41, 5.74) is 0. The van der Waals surface area contributed by atoms with E-state index in [4.69, 9.17) is 4.43 Å². The first-order chi connectivity index (χ1) is 5.75. The van der Waals surface area contributed by atoms with Crippen molar-refractivity contribution in [1.29, 1.82) is 0 Å². The molecule has 0 atom stereocenters. The van der Waals surface area contributed by atoms with Crippen molar-refractivity contribution in [1.82, 2.24) is 0 Å². The molecule has 0 aromatic rings. The molecule has 76 valence electrons. The van der Waals surface area contributed by atoms with Crippen molar-refractivity contribution in [3.63, 3.8) is 0 Å². The Bertz CT molecular complexity index is 236. The van der Waals surface area contributed by atoms with E-state index < -0.39 is 16.4 Å². The molecule has 0 radical (unpaired) electrons. The SMILES string of the molecule is C/C(=C1/CCO[Si]1(C)C)[Si](C)(C)C. The van der Waals surface area contributed by atoms with Gasteiger partial charge >= 0.3 is 0 Å². The minimum Gasteiger partial charge on any atom is -0.413 e. The van der Waals surface area contributed by atoms with Crippen molar-refractivity contribution in [2.45, 2.75) is 46.1 Å². The summed E-state index contributed by atoms with van der Waals surface area (Å²) >= 11 is 0. The molecule has 0 aromatic carbocycles. The topological polar surface area (TPSA) is 9.23 Å². The molecule has 1 heterocycles. The zero-order valence-corrected chi connectivity index (χ0v) is 11.8. The molecule has 0 aromatic heterocycles. The van der Waals surface area contributed by atoms with Gasteiger partial charge in [-0.1, -0.05) is 30.0 Å². The van der Waals surface area contributed by atoms with Gasteiger partial charge in [-0.15, -0.1) is 0 Å². The van der Waals surface area contributed by atoms with E-state index in [2.05, 4.69) is 39.7 Å². The molecule has 0 bridgehead atoms. The lowest BCUT2D eigenvalue weighted by Crippen LogP contribution is -2.33. The fraction of sp³-hybridized carbons (Fsp3) is 0.800. The molecule has 0 N–H and O–H groups in total. The average molecular weight is 214 g/mol.